The number of benzene rings is 2. The van der Waals surface area contributed by atoms with E-state index in [1.54, 1.807) is 16.8 Å². The van der Waals surface area contributed by atoms with Crippen LogP contribution in [0.2, 0.25) is 5.02 Å². The first-order valence-electron chi connectivity index (χ1n) is 6.98. The lowest BCUT2D eigenvalue weighted by molar-refractivity contribution is 0.617. The molecule has 0 fully saturated rings. The maximum absolute atomic E-state index is 13.9. The predicted octanol–water partition coefficient (Wildman–Crippen LogP) is 4.36. The molecule has 0 aliphatic carbocycles. The van der Waals surface area contributed by atoms with Gasteiger partial charge in [0.05, 0.1) is 5.69 Å². The van der Waals surface area contributed by atoms with Crippen LogP contribution in [0.5, 0.6) is 0 Å². The topological polar surface area (TPSA) is 43.6 Å². The molecule has 0 saturated heterocycles. The average Bonchev–Trinajstić information content (AvgIpc) is 2.95. The standard InChI is InChI=1S/C16H14ClFN4S/c1-10-5-3-6-11(2)15(10)22-16(19-20-21-22)23-9-12-13(17)7-4-8-14(12)18/h3-8H,9H2,1-2H3. The van der Waals surface area contributed by atoms with E-state index in [1.807, 2.05) is 32.0 Å². The fourth-order valence-electron chi connectivity index (χ4n) is 2.36. The summed E-state index contributed by atoms with van der Waals surface area (Å²) in [5.74, 6) is 0.0349. The van der Waals surface area contributed by atoms with Crippen LogP contribution in [0.25, 0.3) is 5.69 Å². The van der Waals surface area contributed by atoms with Crippen molar-refractivity contribution >= 4 is 23.4 Å². The summed E-state index contributed by atoms with van der Waals surface area (Å²) in [5, 5.41) is 12.9. The molecule has 0 N–H and O–H groups in total. The van der Waals surface area contributed by atoms with E-state index in [9.17, 15) is 4.39 Å². The van der Waals surface area contributed by atoms with Crippen LogP contribution in [0, 0.1) is 19.7 Å². The number of hydrogen-bond acceptors (Lipinski definition) is 4. The van der Waals surface area contributed by atoms with Gasteiger partial charge in [0.15, 0.2) is 0 Å². The van der Waals surface area contributed by atoms with Crippen LogP contribution < -0.4 is 0 Å². The molecule has 7 heteroatoms. The van der Waals surface area contributed by atoms with E-state index in [0.29, 0.717) is 21.5 Å². The number of hydrogen-bond donors (Lipinski definition) is 0. The Bertz CT molecular complexity index is 809. The Labute approximate surface area is 142 Å². The van der Waals surface area contributed by atoms with Crippen LogP contribution >= 0.6 is 23.4 Å². The van der Waals surface area contributed by atoms with E-state index >= 15 is 0 Å². The molecule has 1 heterocycles. The smallest absolute Gasteiger partial charge is 0.207 e. The van der Waals surface area contributed by atoms with E-state index < -0.39 is 0 Å². The van der Waals surface area contributed by atoms with Gasteiger partial charge in [-0.1, -0.05) is 47.6 Å². The fourth-order valence-corrected chi connectivity index (χ4v) is 3.58. The second-order valence-electron chi connectivity index (χ2n) is 5.10. The van der Waals surface area contributed by atoms with Gasteiger partial charge in [0.25, 0.3) is 0 Å². The first kappa shape index (κ1) is 16.0. The Balaban J connectivity index is 1.91. The molecule has 4 nitrogen and oxygen atoms in total. The predicted molar refractivity (Wildman–Crippen MR) is 89.6 cm³/mol. The lowest BCUT2D eigenvalue weighted by Crippen LogP contribution is -2.04. The molecule has 1 aromatic heterocycles. The van der Waals surface area contributed by atoms with E-state index in [-0.39, 0.29) is 5.82 Å². The maximum atomic E-state index is 13.9. The molecule has 3 aromatic rings. The van der Waals surface area contributed by atoms with Gasteiger partial charge in [0.1, 0.15) is 5.82 Å². The molecule has 0 spiro atoms. The van der Waals surface area contributed by atoms with Crippen LogP contribution in [-0.2, 0) is 5.75 Å². The molecule has 0 unspecified atom stereocenters. The highest BCUT2D eigenvalue weighted by Gasteiger charge is 2.15. The van der Waals surface area contributed by atoms with Crippen molar-refractivity contribution in [2.24, 2.45) is 0 Å². The Hall–Kier alpha value is -1.92. The zero-order chi connectivity index (χ0) is 16.4. The zero-order valence-corrected chi connectivity index (χ0v) is 14.2. The zero-order valence-electron chi connectivity index (χ0n) is 12.6. The highest BCUT2D eigenvalue weighted by molar-refractivity contribution is 7.98. The van der Waals surface area contributed by atoms with Crippen molar-refractivity contribution < 1.29 is 4.39 Å². The SMILES string of the molecule is Cc1cccc(C)c1-n1nnnc1SCc1c(F)cccc1Cl. The summed E-state index contributed by atoms with van der Waals surface area (Å²) >= 11 is 7.41. The highest BCUT2D eigenvalue weighted by atomic mass is 35.5. The molecular weight excluding hydrogens is 335 g/mol. The first-order chi connectivity index (χ1) is 11.1. The molecule has 3 rings (SSSR count). The average molecular weight is 349 g/mol. The first-order valence-corrected chi connectivity index (χ1v) is 8.35. The normalized spacial score (nSPS) is 11.0. The molecule has 0 bridgehead atoms. The lowest BCUT2D eigenvalue weighted by Gasteiger charge is -2.11. The molecule has 0 aliphatic rings. The van der Waals surface area contributed by atoms with Crippen molar-refractivity contribution in [2.45, 2.75) is 24.8 Å². The molecule has 0 amide bonds. The second-order valence-corrected chi connectivity index (χ2v) is 6.45. The lowest BCUT2D eigenvalue weighted by atomic mass is 10.1. The van der Waals surface area contributed by atoms with Gasteiger partial charge in [-0.25, -0.2) is 4.39 Å². The molecule has 0 aliphatic heterocycles. The number of aromatic nitrogens is 4. The summed E-state index contributed by atoms with van der Waals surface area (Å²) in [6, 6.07) is 10.7. The third kappa shape index (κ3) is 3.23. The molecule has 0 radical (unpaired) electrons. The van der Waals surface area contributed by atoms with Gasteiger partial charge in [-0.15, -0.1) is 5.10 Å². The van der Waals surface area contributed by atoms with Crippen molar-refractivity contribution in [3.63, 3.8) is 0 Å². The third-order valence-electron chi connectivity index (χ3n) is 3.50. The minimum absolute atomic E-state index is 0.323. The largest absolute Gasteiger partial charge is 0.214 e. The van der Waals surface area contributed by atoms with Crippen LogP contribution in [0.15, 0.2) is 41.6 Å². The van der Waals surface area contributed by atoms with E-state index in [0.717, 1.165) is 16.8 Å². The molecule has 118 valence electrons. The summed E-state index contributed by atoms with van der Waals surface area (Å²) in [6.45, 7) is 4.01. The van der Waals surface area contributed by atoms with E-state index in [2.05, 4.69) is 15.5 Å². The van der Waals surface area contributed by atoms with Crippen molar-refractivity contribution in [3.8, 4) is 5.69 Å². The van der Waals surface area contributed by atoms with E-state index in [4.69, 9.17) is 11.6 Å². The Morgan fingerprint density at radius 2 is 1.83 bits per heavy atom. The molecule has 0 atom stereocenters. The molecule has 23 heavy (non-hydrogen) atoms. The fraction of sp³-hybridized carbons (Fsp3) is 0.188. The molecule has 2 aromatic carbocycles. The summed E-state index contributed by atoms with van der Waals surface area (Å²) in [5.41, 5.74) is 3.54. The quantitative estimate of drug-likeness (QED) is 0.657. The monoisotopic (exact) mass is 348 g/mol. The number of rotatable bonds is 4. The third-order valence-corrected chi connectivity index (χ3v) is 4.80. The van der Waals surface area contributed by atoms with Crippen molar-refractivity contribution in [1.82, 2.24) is 20.2 Å². The van der Waals surface area contributed by atoms with Crippen LogP contribution in [0.3, 0.4) is 0 Å². The number of thioether (sulfide) groups is 1. The van der Waals surface area contributed by atoms with Gasteiger partial charge in [0, 0.05) is 16.3 Å². The van der Waals surface area contributed by atoms with Crippen LogP contribution in [-0.4, -0.2) is 20.2 Å². The van der Waals surface area contributed by atoms with E-state index in [1.165, 1.54) is 17.8 Å². The minimum atomic E-state index is -0.323. The van der Waals surface area contributed by atoms with Gasteiger partial charge in [-0.3, -0.25) is 0 Å². The van der Waals surface area contributed by atoms with Gasteiger partial charge < -0.3 is 0 Å². The maximum Gasteiger partial charge on any atom is 0.214 e. The Kier molecular flexibility index (Phi) is 4.63. The number of tetrazole rings is 1. The summed E-state index contributed by atoms with van der Waals surface area (Å²) in [6.07, 6.45) is 0. The van der Waals surface area contributed by atoms with Gasteiger partial charge in [-0.2, -0.15) is 4.68 Å². The Morgan fingerprint density at radius 1 is 1.13 bits per heavy atom. The number of aryl methyl sites for hydroxylation is 2. The molecular formula is C16H14ClFN4S. The van der Waals surface area contributed by atoms with Crippen LogP contribution in [0.1, 0.15) is 16.7 Å². The summed E-state index contributed by atoms with van der Waals surface area (Å²) in [7, 11) is 0. The van der Waals surface area contributed by atoms with Gasteiger partial charge in [-0.05, 0) is 47.5 Å². The van der Waals surface area contributed by atoms with Crippen molar-refractivity contribution in [3.05, 3.63) is 63.9 Å². The van der Waals surface area contributed by atoms with Crippen molar-refractivity contribution in [1.29, 1.82) is 0 Å². The summed E-state index contributed by atoms with van der Waals surface area (Å²) in [4.78, 5) is 0. The van der Waals surface area contributed by atoms with Gasteiger partial charge >= 0.3 is 0 Å². The highest BCUT2D eigenvalue weighted by Crippen LogP contribution is 2.29. The molecule has 0 saturated carbocycles. The van der Waals surface area contributed by atoms with Crippen LogP contribution in [0.4, 0.5) is 4.39 Å². The number of para-hydroxylation sites is 1. The van der Waals surface area contributed by atoms with Gasteiger partial charge in [0.2, 0.25) is 5.16 Å². The number of nitrogens with zero attached hydrogens (tertiary/aromatic N) is 4. The second kappa shape index (κ2) is 6.68. The number of halogens is 2. The minimum Gasteiger partial charge on any atom is -0.207 e. The van der Waals surface area contributed by atoms with Crippen molar-refractivity contribution in [2.75, 3.05) is 0 Å². The Morgan fingerprint density at radius 3 is 2.52 bits per heavy atom. The summed E-state index contributed by atoms with van der Waals surface area (Å²) < 4.78 is 15.6.